The van der Waals surface area contributed by atoms with Gasteiger partial charge in [-0.25, -0.2) is 4.98 Å². The van der Waals surface area contributed by atoms with Crippen molar-refractivity contribution in [2.45, 2.75) is 19.8 Å². The lowest BCUT2D eigenvalue weighted by molar-refractivity contribution is 0.352. The highest BCUT2D eigenvalue weighted by Crippen LogP contribution is 2.30. The van der Waals surface area contributed by atoms with Gasteiger partial charge in [0.15, 0.2) is 11.5 Å². The van der Waals surface area contributed by atoms with E-state index >= 15 is 0 Å². The van der Waals surface area contributed by atoms with Crippen LogP contribution in [-0.2, 0) is 12.8 Å². The number of benzene rings is 1. The summed E-state index contributed by atoms with van der Waals surface area (Å²) in [5.41, 5.74) is 13.8. The number of aromatic nitrogens is 2. The summed E-state index contributed by atoms with van der Waals surface area (Å²) in [5.74, 6) is 7.97. The highest BCUT2D eigenvalue weighted by atomic mass is 16.5. The van der Waals surface area contributed by atoms with Gasteiger partial charge in [-0.3, -0.25) is 0 Å². The summed E-state index contributed by atoms with van der Waals surface area (Å²) in [7, 11) is 3.21. The number of aryl methyl sites for hydroxylation is 1. The topological polar surface area (TPSA) is 96.3 Å². The van der Waals surface area contributed by atoms with E-state index in [1.54, 1.807) is 14.2 Å². The molecule has 0 bridgehead atoms. The van der Waals surface area contributed by atoms with Crippen molar-refractivity contribution in [2.24, 2.45) is 0 Å². The van der Waals surface area contributed by atoms with Crippen molar-refractivity contribution in [1.82, 2.24) is 9.97 Å². The predicted molar refractivity (Wildman–Crippen MR) is 90.4 cm³/mol. The summed E-state index contributed by atoms with van der Waals surface area (Å²) in [6.45, 7) is 1.97. The fourth-order valence-corrected chi connectivity index (χ4v) is 2.26. The summed E-state index contributed by atoms with van der Waals surface area (Å²) in [5, 5.41) is 0. The van der Waals surface area contributed by atoms with Gasteiger partial charge < -0.3 is 20.9 Å². The Hall–Kier alpha value is -2.94. The minimum Gasteiger partial charge on any atom is -0.493 e. The summed E-state index contributed by atoms with van der Waals surface area (Å²) in [4.78, 5) is 8.14. The van der Waals surface area contributed by atoms with E-state index in [4.69, 9.17) is 20.9 Å². The second kappa shape index (κ2) is 7.36. The molecule has 2 rings (SSSR count). The molecule has 0 atom stereocenters. The van der Waals surface area contributed by atoms with Gasteiger partial charge in [-0.1, -0.05) is 30.9 Å². The number of hydrogen-bond acceptors (Lipinski definition) is 6. The molecule has 6 nitrogen and oxygen atoms in total. The van der Waals surface area contributed by atoms with Gasteiger partial charge in [0.05, 0.1) is 25.5 Å². The normalized spacial score (nSPS) is 9.87. The first-order valence-corrected chi connectivity index (χ1v) is 7.21. The SMILES string of the molecule is CCc1nc(N)nc(N)c1C#CCc1cccc(OC)c1OC. The molecule has 0 aliphatic rings. The molecule has 0 unspecified atom stereocenters. The quantitative estimate of drug-likeness (QED) is 0.836. The lowest BCUT2D eigenvalue weighted by Gasteiger charge is -2.10. The molecule has 6 heteroatoms. The summed E-state index contributed by atoms with van der Waals surface area (Å²) < 4.78 is 10.7. The summed E-state index contributed by atoms with van der Waals surface area (Å²) in [6, 6.07) is 5.69. The van der Waals surface area contributed by atoms with Gasteiger partial charge in [0.1, 0.15) is 5.82 Å². The maximum atomic E-state index is 5.90. The lowest BCUT2D eigenvalue weighted by atomic mass is 10.1. The van der Waals surface area contributed by atoms with Crippen LogP contribution in [0.3, 0.4) is 0 Å². The standard InChI is InChI=1S/C17H20N4O2/c1-4-13-12(16(18)21-17(19)20-13)9-5-7-11-8-6-10-14(22-2)15(11)23-3/h6,8,10H,4,7H2,1-3H3,(H4,18,19,20,21). The molecule has 4 N–H and O–H groups in total. The van der Waals surface area contributed by atoms with E-state index in [9.17, 15) is 0 Å². The van der Waals surface area contributed by atoms with Crippen LogP contribution in [0.4, 0.5) is 11.8 Å². The fraction of sp³-hybridized carbons (Fsp3) is 0.294. The maximum absolute atomic E-state index is 5.90. The van der Waals surface area contributed by atoms with Gasteiger partial charge in [0.2, 0.25) is 5.95 Å². The first-order valence-electron chi connectivity index (χ1n) is 7.21. The number of hydrogen-bond donors (Lipinski definition) is 2. The van der Waals surface area contributed by atoms with Gasteiger partial charge in [0, 0.05) is 12.0 Å². The average Bonchev–Trinajstić information content (AvgIpc) is 2.55. The third-order valence-corrected chi connectivity index (χ3v) is 3.34. The van der Waals surface area contributed by atoms with Gasteiger partial charge in [-0.15, -0.1) is 0 Å². The number of methoxy groups -OCH3 is 2. The van der Waals surface area contributed by atoms with E-state index < -0.39 is 0 Å². The Labute approximate surface area is 135 Å². The monoisotopic (exact) mass is 312 g/mol. The molecule has 1 aromatic heterocycles. The Morgan fingerprint density at radius 2 is 1.91 bits per heavy atom. The molecule has 1 heterocycles. The van der Waals surface area contributed by atoms with Crippen LogP contribution in [0.1, 0.15) is 23.7 Å². The van der Waals surface area contributed by atoms with Crippen molar-refractivity contribution in [1.29, 1.82) is 0 Å². The van der Waals surface area contributed by atoms with Crippen LogP contribution in [0, 0.1) is 11.8 Å². The summed E-state index contributed by atoms with van der Waals surface area (Å²) >= 11 is 0. The molecule has 0 saturated heterocycles. The van der Waals surface area contributed by atoms with Crippen molar-refractivity contribution in [3.63, 3.8) is 0 Å². The highest BCUT2D eigenvalue weighted by molar-refractivity contribution is 5.56. The number of rotatable bonds is 4. The third kappa shape index (κ3) is 3.64. The van der Waals surface area contributed by atoms with Crippen LogP contribution in [0.15, 0.2) is 18.2 Å². The van der Waals surface area contributed by atoms with E-state index in [1.807, 2.05) is 25.1 Å². The van der Waals surface area contributed by atoms with Crippen molar-refractivity contribution < 1.29 is 9.47 Å². The van der Waals surface area contributed by atoms with E-state index in [2.05, 4.69) is 21.8 Å². The predicted octanol–water partition coefficient (Wildman–Crippen LogP) is 1.81. The zero-order valence-electron chi connectivity index (χ0n) is 13.5. The Morgan fingerprint density at radius 3 is 2.57 bits per heavy atom. The Morgan fingerprint density at radius 1 is 1.13 bits per heavy atom. The minimum atomic E-state index is 0.166. The third-order valence-electron chi connectivity index (χ3n) is 3.34. The van der Waals surface area contributed by atoms with E-state index in [0.29, 0.717) is 35.7 Å². The Balaban J connectivity index is 2.32. The second-order valence-corrected chi connectivity index (χ2v) is 4.77. The number of nitrogens with zero attached hydrogens (tertiary/aromatic N) is 2. The smallest absolute Gasteiger partial charge is 0.222 e. The Bertz CT molecular complexity index is 763. The van der Waals surface area contributed by atoms with E-state index in [0.717, 1.165) is 11.3 Å². The van der Waals surface area contributed by atoms with Gasteiger partial charge in [-0.05, 0) is 12.5 Å². The number of nitrogens with two attached hydrogens (primary N) is 2. The number of para-hydroxylation sites is 1. The molecule has 2 aromatic rings. The van der Waals surface area contributed by atoms with Crippen LogP contribution < -0.4 is 20.9 Å². The number of anilines is 2. The number of nitrogen functional groups attached to an aromatic ring is 2. The molecule has 1 aromatic carbocycles. The first-order chi connectivity index (χ1) is 11.1. The molecule has 23 heavy (non-hydrogen) atoms. The largest absolute Gasteiger partial charge is 0.493 e. The molecular formula is C17H20N4O2. The zero-order valence-corrected chi connectivity index (χ0v) is 13.5. The molecule has 0 aliphatic carbocycles. The first kappa shape index (κ1) is 16.4. The molecule has 0 amide bonds. The van der Waals surface area contributed by atoms with Crippen molar-refractivity contribution in [2.75, 3.05) is 25.7 Å². The van der Waals surface area contributed by atoms with Gasteiger partial charge in [0.25, 0.3) is 0 Å². The molecular weight excluding hydrogens is 292 g/mol. The molecule has 0 saturated carbocycles. The van der Waals surface area contributed by atoms with Gasteiger partial charge >= 0.3 is 0 Å². The van der Waals surface area contributed by atoms with Crippen LogP contribution in [0.5, 0.6) is 11.5 Å². The zero-order chi connectivity index (χ0) is 16.8. The van der Waals surface area contributed by atoms with E-state index in [-0.39, 0.29) is 5.95 Å². The fourth-order valence-electron chi connectivity index (χ4n) is 2.26. The Kier molecular flexibility index (Phi) is 5.26. The molecule has 0 fully saturated rings. The lowest BCUT2D eigenvalue weighted by Crippen LogP contribution is -2.06. The van der Waals surface area contributed by atoms with Crippen LogP contribution in [-0.4, -0.2) is 24.2 Å². The average molecular weight is 312 g/mol. The molecule has 0 radical (unpaired) electrons. The second-order valence-electron chi connectivity index (χ2n) is 4.77. The van der Waals surface area contributed by atoms with Crippen molar-refractivity contribution >= 4 is 11.8 Å². The summed E-state index contributed by atoms with van der Waals surface area (Å²) in [6.07, 6.45) is 1.18. The molecule has 0 aliphatic heterocycles. The highest BCUT2D eigenvalue weighted by Gasteiger charge is 2.09. The number of ether oxygens (including phenoxy) is 2. The molecule has 120 valence electrons. The van der Waals surface area contributed by atoms with Gasteiger partial charge in [-0.2, -0.15) is 4.98 Å². The van der Waals surface area contributed by atoms with Crippen LogP contribution >= 0.6 is 0 Å². The van der Waals surface area contributed by atoms with Crippen molar-refractivity contribution in [3.8, 4) is 23.3 Å². The van der Waals surface area contributed by atoms with Crippen molar-refractivity contribution in [3.05, 3.63) is 35.0 Å². The maximum Gasteiger partial charge on any atom is 0.222 e. The van der Waals surface area contributed by atoms with Crippen LogP contribution in [0.2, 0.25) is 0 Å². The minimum absolute atomic E-state index is 0.166. The van der Waals surface area contributed by atoms with E-state index in [1.165, 1.54) is 0 Å². The van der Waals surface area contributed by atoms with Crippen LogP contribution in [0.25, 0.3) is 0 Å². The molecule has 0 spiro atoms.